The molecule has 1 aromatic carbocycles. The van der Waals surface area contributed by atoms with Crippen molar-refractivity contribution in [1.29, 1.82) is 0 Å². The average molecular weight is 490 g/mol. The van der Waals surface area contributed by atoms with Crippen LogP contribution in [0.1, 0.15) is 0 Å². The van der Waals surface area contributed by atoms with E-state index in [2.05, 4.69) is 27.0 Å². The van der Waals surface area contributed by atoms with Crippen molar-refractivity contribution >= 4 is 45.6 Å². The average Bonchev–Trinajstić information content (AvgIpc) is 3.32. The van der Waals surface area contributed by atoms with Crippen molar-refractivity contribution in [2.45, 2.75) is 6.54 Å². The van der Waals surface area contributed by atoms with Gasteiger partial charge in [-0.2, -0.15) is 10.1 Å². The maximum absolute atomic E-state index is 13.6. The van der Waals surface area contributed by atoms with Crippen LogP contribution in [0.2, 0.25) is 0 Å². The lowest BCUT2D eigenvalue weighted by atomic mass is 10.1. The molecule has 36 heavy (non-hydrogen) atoms. The molecular weight excluding hydrogens is 467 g/mol. The van der Waals surface area contributed by atoms with Crippen LogP contribution < -0.4 is 20.7 Å². The second kappa shape index (κ2) is 9.23. The molecule has 1 aliphatic rings. The molecule has 4 heterocycles. The third kappa shape index (κ3) is 4.07. The first-order valence-electron chi connectivity index (χ1n) is 11.2. The van der Waals surface area contributed by atoms with Gasteiger partial charge in [0.05, 0.1) is 36.4 Å². The summed E-state index contributed by atoms with van der Waals surface area (Å²) in [7, 11) is 1.63. The molecule has 0 saturated heterocycles. The quantitative estimate of drug-likeness (QED) is 0.395. The predicted molar refractivity (Wildman–Crippen MR) is 133 cm³/mol. The second-order valence-corrected chi connectivity index (χ2v) is 8.21. The van der Waals surface area contributed by atoms with Crippen molar-refractivity contribution < 1.29 is 14.3 Å². The van der Waals surface area contributed by atoms with Crippen LogP contribution in [-0.4, -0.2) is 55.0 Å². The Morgan fingerprint density at radius 3 is 2.72 bits per heavy atom. The molecule has 1 aliphatic heterocycles. The number of nitrogens with one attached hydrogen (secondary N) is 1. The Kier molecular flexibility index (Phi) is 5.94. The summed E-state index contributed by atoms with van der Waals surface area (Å²) < 4.78 is 16.6. The Balaban J connectivity index is 1.51. The number of fused-ring (bicyclic) bond motifs is 2. The number of pyridine rings is 1. The summed E-state index contributed by atoms with van der Waals surface area (Å²) in [5.74, 6) is -1.55. The number of aromatic nitrogens is 5. The fraction of sp³-hybridized carbons (Fsp3) is 0.208. The van der Waals surface area contributed by atoms with Crippen molar-refractivity contribution in [2.24, 2.45) is 7.05 Å². The topological polar surface area (TPSA) is 121 Å². The first-order chi connectivity index (χ1) is 17.4. The highest BCUT2D eigenvalue weighted by Crippen LogP contribution is 2.37. The van der Waals surface area contributed by atoms with Gasteiger partial charge in [0.15, 0.2) is 5.83 Å². The first kappa shape index (κ1) is 23.2. The van der Waals surface area contributed by atoms with Crippen LogP contribution in [0.15, 0.2) is 66.1 Å². The largest absolute Gasteiger partial charge is 0.394 e. The smallest absolute Gasteiger partial charge is 0.286 e. The standard InChI is InChI=1S/C24H23FN8O3/c1-15(25)22(35)33-8-7-32(18-5-3-4-6-19(18)33)20-11-16-12-26-24(29-21(16)30(2)23(20)36)28-17-13-27-31(14-17)9-10-34/h3-6,11-14,34H,1,7-10H2,2H3,(H,26,28,29). The highest BCUT2D eigenvalue weighted by Gasteiger charge is 2.30. The van der Waals surface area contributed by atoms with E-state index in [0.717, 1.165) is 0 Å². The molecule has 5 rings (SSSR count). The number of rotatable bonds is 6. The fourth-order valence-corrected chi connectivity index (χ4v) is 4.23. The number of anilines is 5. The van der Waals surface area contributed by atoms with Gasteiger partial charge in [0, 0.05) is 37.9 Å². The van der Waals surface area contributed by atoms with Gasteiger partial charge in [0.1, 0.15) is 11.3 Å². The number of aliphatic hydroxyl groups is 1. The summed E-state index contributed by atoms with van der Waals surface area (Å²) in [5, 5.41) is 16.9. The molecule has 11 nitrogen and oxygen atoms in total. The van der Waals surface area contributed by atoms with Crippen molar-refractivity contribution in [3.63, 3.8) is 0 Å². The summed E-state index contributed by atoms with van der Waals surface area (Å²) in [6, 6.07) is 8.73. The Bertz CT molecular complexity index is 1550. The maximum Gasteiger partial charge on any atom is 0.286 e. The van der Waals surface area contributed by atoms with Crippen LogP contribution in [0.5, 0.6) is 0 Å². The van der Waals surface area contributed by atoms with Gasteiger partial charge >= 0.3 is 0 Å². The van der Waals surface area contributed by atoms with E-state index >= 15 is 0 Å². The zero-order valence-corrected chi connectivity index (χ0v) is 19.4. The summed E-state index contributed by atoms with van der Waals surface area (Å²) in [6.07, 6.45) is 4.92. The number of halogens is 1. The van der Waals surface area contributed by atoms with E-state index in [-0.39, 0.29) is 31.2 Å². The molecule has 0 aliphatic carbocycles. The van der Waals surface area contributed by atoms with Gasteiger partial charge in [-0.1, -0.05) is 18.7 Å². The van der Waals surface area contributed by atoms with Gasteiger partial charge in [-0.05, 0) is 18.2 Å². The van der Waals surface area contributed by atoms with Crippen LogP contribution in [0.4, 0.5) is 33.1 Å². The molecule has 0 atom stereocenters. The number of aliphatic hydroxyl groups excluding tert-OH is 1. The van der Waals surface area contributed by atoms with E-state index in [1.807, 2.05) is 4.90 Å². The number of hydrogen-bond acceptors (Lipinski definition) is 8. The van der Waals surface area contributed by atoms with E-state index in [1.165, 1.54) is 9.47 Å². The minimum absolute atomic E-state index is 0.0288. The zero-order valence-electron chi connectivity index (χ0n) is 19.4. The normalized spacial score (nSPS) is 13.1. The molecule has 0 unspecified atom stereocenters. The maximum atomic E-state index is 13.6. The number of carbonyl (C=O) groups is 1. The Morgan fingerprint density at radius 2 is 1.97 bits per heavy atom. The van der Waals surface area contributed by atoms with Crippen molar-refractivity contribution in [3.8, 4) is 0 Å². The number of aryl methyl sites for hydroxylation is 1. The van der Waals surface area contributed by atoms with Crippen LogP contribution >= 0.6 is 0 Å². The van der Waals surface area contributed by atoms with Gasteiger partial charge < -0.3 is 20.2 Å². The molecule has 0 saturated carbocycles. The summed E-state index contributed by atoms with van der Waals surface area (Å²) in [6.45, 7) is 3.93. The van der Waals surface area contributed by atoms with Crippen LogP contribution in [0.3, 0.4) is 0 Å². The molecular formula is C24H23FN8O3. The molecule has 2 N–H and O–H groups in total. The van der Waals surface area contributed by atoms with Gasteiger partial charge in [0.2, 0.25) is 5.95 Å². The minimum atomic E-state index is -1.04. The highest BCUT2D eigenvalue weighted by atomic mass is 19.1. The summed E-state index contributed by atoms with van der Waals surface area (Å²) >= 11 is 0. The SMILES string of the molecule is C=C(F)C(=O)N1CCN(c2cc3cnc(Nc4cnn(CCO)c4)nc3n(C)c2=O)c2ccccc21. The molecule has 3 aromatic heterocycles. The Labute approximate surface area is 204 Å². The molecule has 1 amide bonds. The third-order valence-corrected chi connectivity index (χ3v) is 5.93. The van der Waals surface area contributed by atoms with Crippen molar-refractivity contribution in [3.05, 3.63) is 71.7 Å². The van der Waals surface area contributed by atoms with E-state index < -0.39 is 11.7 Å². The molecule has 0 bridgehead atoms. The van der Waals surface area contributed by atoms with Gasteiger partial charge in [-0.15, -0.1) is 0 Å². The van der Waals surface area contributed by atoms with Crippen LogP contribution in [-0.2, 0) is 18.4 Å². The lowest BCUT2D eigenvalue weighted by Crippen LogP contribution is -2.44. The predicted octanol–water partition coefficient (Wildman–Crippen LogP) is 2.23. The number of benzene rings is 1. The molecule has 12 heteroatoms. The van der Waals surface area contributed by atoms with Gasteiger partial charge in [0.25, 0.3) is 11.5 Å². The Hall–Kier alpha value is -4.58. The summed E-state index contributed by atoms with van der Waals surface area (Å²) in [5.41, 5.74) is 2.27. The zero-order chi connectivity index (χ0) is 25.4. The Morgan fingerprint density at radius 1 is 1.19 bits per heavy atom. The van der Waals surface area contributed by atoms with E-state index in [0.29, 0.717) is 40.3 Å². The lowest BCUT2D eigenvalue weighted by Gasteiger charge is -2.37. The number of carbonyl (C=O) groups excluding carboxylic acids is 1. The molecule has 0 radical (unpaired) electrons. The molecule has 184 valence electrons. The molecule has 0 spiro atoms. The fourth-order valence-electron chi connectivity index (χ4n) is 4.23. The van der Waals surface area contributed by atoms with Crippen LogP contribution in [0.25, 0.3) is 11.0 Å². The van der Waals surface area contributed by atoms with E-state index in [4.69, 9.17) is 5.11 Å². The van der Waals surface area contributed by atoms with E-state index in [1.54, 1.807) is 60.7 Å². The lowest BCUT2D eigenvalue weighted by molar-refractivity contribution is -0.116. The monoisotopic (exact) mass is 490 g/mol. The van der Waals surface area contributed by atoms with Crippen LogP contribution in [0, 0.1) is 0 Å². The minimum Gasteiger partial charge on any atom is -0.394 e. The van der Waals surface area contributed by atoms with Crippen molar-refractivity contribution in [2.75, 3.05) is 34.8 Å². The van der Waals surface area contributed by atoms with Crippen molar-refractivity contribution in [1.82, 2.24) is 24.3 Å². The van der Waals surface area contributed by atoms with Gasteiger partial charge in [-0.3, -0.25) is 18.8 Å². The number of amides is 1. The third-order valence-electron chi connectivity index (χ3n) is 5.93. The number of hydrogen-bond donors (Lipinski definition) is 2. The number of para-hydroxylation sites is 2. The summed E-state index contributed by atoms with van der Waals surface area (Å²) in [4.78, 5) is 37.7. The second-order valence-electron chi connectivity index (χ2n) is 8.21. The highest BCUT2D eigenvalue weighted by molar-refractivity contribution is 6.06. The molecule has 4 aromatic rings. The first-order valence-corrected chi connectivity index (χ1v) is 11.2. The van der Waals surface area contributed by atoms with Gasteiger partial charge in [-0.25, -0.2) is 9.37 Å². The molecule has 0 fully saturated rings. The number of nitrogens with zero attached hydrogens (tertiary/aromatic N) is 7. The van der Waals surface area contributed by atoms with E-state index in [9.17, 15) is 14.0 Å².